The van der Waals surface area contributed by atoms with Gasteiger partial charge in [-0.15, -0.1) is 0 Å². The van der Waals surface area contributed by atoms with Gasteiger partial charge in [0.15, 0.2) is 12.9 Å². The summed E-state index contributed by atoms with van der Waals surface area (Å²) in [6, 6.07) is 10.4. The number of nitrogens with one attached hydrogen (secondary N) is 2. The second-order valence-corrected chi connectivity index (χ2v) is 6.77. The van der Waals surface area contributed by atoms with Crippen LogP contribution in [0, 0.1) is 0 Å². The van der Waals surface area contributed by atoms with Crippen LogP contribution in [0.3, 0.4) is 0 Å². The van der Waals surface area contributed by atoms with E-state index in [1.54, 1.807) is 6.07 Å². The maximum atomic E-state index is 12.0. The van der Waals surface area contributed by atoms with Crippen LogP contribution in [0.2, 0.25) is 0 Å². The third-order valence-corrected chi connectivity index (χ3v) is 4.78. The lowest BCUT2D eigenvalue weighted by molar-refractivity contribution is -0.122. The van der Waals surface area contributed by atoms with Gasteiger partial charge in [-0.05, 0) is 48.9 Å². The molecule has 0 saturated heterocycles. The Balaban J connectivity index is 1.47. The molecule has 6 heteroatoms. The van der Waals surface area contributed by atoms with Gasteiger partial charge in [0.1, 0.15) is 5.75 Å². The van der Waals surface area contributed by atoms with E-state index in [0.29, 0.717) is 24.1 Å². The van der Waals surface area contributed by atoms with E-state index < -0.39 is 11.9 Å². The molecule has 3 rings (SSSR count). The van der Waals surface area contributed by atoms with E-state index in [9.17, 15) is 14.4 Å². The summed E-state index contributed by atoms with van der Waals surface area (Å²) in [5.74, 6) is -0.257. The minimum absolute atomic E-state index is 0.313. The van der Waals surface area contributed by atoms with Crippen LogP contribution in [-0.4, -0.2) is 31.4 Å². The van der Waals surface area contributed by atoms with Crippen molar-refractivity contribution in [3.63, 3.8) is 0 Å². The van der Waals surface area contributed by atoms with Gasteiger partial charge in [-0.3, -0.25) is 14.9 Å². The van der Waals surface area contributed by atoms with Crippen LogP contribution in [0.5, 0.6) is 5.75 Å². The van der Waals surface area contributed by atoms with E-state index >= 15 is 0 Å². The summed E-state index contributed by atoms with van der Waals surface area (Å²) in [6.07, 6.45) is 8.37. The second kappa shape index (κ2) is 9.69. The molecule has 28 heavy (non-hydrogen) atoms. The Hall–Kier alpha value is -3.15. The molecule has 2 N–H and O–H groups in total. The Bertz CT molecular complexity index is 905. The van der Waals surface area contributed by atoms with E-state index in [0.717, 1.165) is 30.0 Å². The van der Waals surface area contributed by atoms with Gasteiger partial charge in [0.05, 0.1) is 5.56 Å². The molecule has 0 atom stereocenters. The number of imide groups is 1. The largest absolute Gasteiger partial charge is 0.483 e. The average molecular weight is 380 g/mol. The molecule has 0 bridgehead atoms. The number of benzene rings is 2. The van der Waals surface area contributed by atoms with Crippen LogP contribution in [-0.2, 0) is 4.79 Å². The molecule has 2 aromatic rings. The molecular formula is C22H24N2O4. The Kier molecular flexibility index (Phi) is 6.78. The van der Waals surface area contributed by atoms with Crippen molar-refractivity contribution in [1.82, 2.24) is 10.6 Å². The van der Waals surface area contributed by atoms with E-state index in [1.165, 1.54) is 18.4 Å². The first-order chi connectivity index (χ1) is 13.7. The van der Waals surface area contributed by atoms with Gasteiger partial charge in [0, 0.05) is 6.54 Å². The molecule has 3 amide bonds. The van der Waals surface area contributed by atoms with Gasteiger partial charge < -0.3 is 10.1 Å². The number of fused-ring (bicyclic) bond motifs is 1. The summed E-state index contributed by atoms with van der Waals surface area (Å²) >= 11 is 0. The highest BCUT2D eigenvalue weighted by atomic mass is 16.5. The first kappa shape index (κ1) is 19.6. The lowest BCUT2D eigenvalue weighted by Gasteiger charge is -2.13. The molecule has 146 valence electrons. The Labute approximate surface area is 163 Å². The molecule has 0 fully saturated rings. The third-order valence-electron chi connectivity index (χ3n) is 4.78. The number of ether oxygens (including phenoxy) is 1. The zero-order valence-electron chi connectivity index (χ0n) is 15.7. The normalized spacial score (nSPS) is 13.5. The van der Waals surface area contributed by atoms with Crippen molar-refractivity contribution in [2.24, 2.45) is 0 Å². The van der Waals surface area contributed by atoms with Crippen LogP contribution in [0.4, 0.5) is 4.79 Å². The minimum Gasteiger partial charge on any atom is -0.483 e. The monoisotopic (exact) mass is 380 g/mol. The SMILES string of the molecule is O=Cc1c(OCC(=O)NC(=O)NCCC2=CCCCC2)ccc2ccccc12. The molecule has 0 unspecified atom stereocenters. The molecule has 1 aliphatic rings. The highest BCUT2D eigenvalue weighted by Gasteiger charge is 2.12. The Morgan fingerprint density at radius 1 is 1.11 bits per heavy atom. The van der Waals surface area contributed by atoms with Gasteiger partial charge in [-0.25, -0.2) is 4.79 Å². The first-order valence-electron chi connectivity index (χ1n) is 9.52. The van der Waals surface area contributed by atoms with Gasteiger partial charge in [0.25, 0.3) is 5.91 Å². The minimum atomic E-state index is -0.570. The van der Waals surface area contributed by atoms with Gasteiger partial charge >= 0.3 is 6.03 Å². The van der Waals surface area contributed by atoms with Gasteiger partial charge in [-0.1, -0.05) is 42.0 Å². The van der Waals surface area contributed by atoms with Crippen LogP contribution in [0.25, 0.3) is 10.8 Å². The topological polar surface area (TPSA) is 84.5 Å². The quantitative estimate of drug-likeness (QED) is 0.566. The number of amides is 3. The van der Waals surface area contributed by atoms with Crippen molar-refractivity contribution in [3.8, 4) is 5.75 Å². The summed E-state index contributed by atoms with van der Waals surface area (Å²) in [5.41, 5.74) is 1.75. The molecule has 1 aliphatic carbocycles. The number of rotatable bonds is 7. The standard InChI is InChI=1S/C22H24N2O4/c25-14-19-18-9-5-4-8-17(18)10-11-20(19)28-15-21(26)24-22(27)23-13-12-16-6-2-1-3-7-16/h4-6,8-11,14H,1-3,7,12-13,15H2,(H2,23,24,26,27). The smallest absolute Gasteiger partial charge is 0.321 e. The van der Waals surface area contributed by atoms with Crippen LogP contribution in [0.15, 0.2) is 48.0 Å². The molecule has 0 aliphatic heterocycles. The molecule has 6 nitrogen and oxygen atoms in total. The summed E-state index contributed by atoms with van der Waals surface area (Å²) in [7, 11) is 0. The van der Waals surface area contributed by atoms with E-state index in [1.807, 2.05) is 30.3 Å². The van der Waals surface area contributed by atoms with Crippen LogP contribution >= 0.6 is 0 Å². The molecule has 0 heterocycles. The molecule has 0 radical (unpaired) electrons. The maximum absolute atomic E-state index is 12.0. The molecular weight excluding hydrogens is 356 g/mol. The summed E-state index contributed by atoms with van der Waals surface area (Å²) in [6.45, 7) is 0.142. The fourth-order valence-electron chi connectivity index (χ4n) is 3.34. The lowest BCUT2D eigenvalue weighted by Crippen LogP contribution is -2.42. The van der Waals surface area contributed by atoms with Gasteiger partial charge in [0.2, 0.25) is 0 Å². The van der Waals surface area contributed by atoms with Crippen molar-refractivity contribution in [3.05, 3.63) is 53.6 Å². The van der Waals surface area contributed by atoms with Crippen molar-refractivity contribution < 1.29 is 19.1 Å². The highest BCUT2D eigenvalue weighted by Crippen LogP contribution is 2.26. The predicted molar refractivity (Wildman–Crippen MR) is 108 cm³/mol. The Morgan fingerprint density at radius 2 is 1.96 bits per heavy atom. The van der Waals surface area contributed by atoms with Crippen LogP contribution in [0.1, 0.15) is 42.5 Å². The summed E-state index contributed by atoms with van der Waals surface area (Å²) < 4.78 is 5.47. The van der Waals surface area contributed by atoms with E-state index in [-0.39, 0.29) is 6.61 Å². The maximum Gasteiger partial charge on any atom is 0.321 e. The van der Waals surface area contributed by atoms with Crippen molar-refractivity contribution in [1.29, 1.82) is 0 Å². The van der Waals surface area contributed by atoms with Crippen molar-refractivity contribution in [2.45, 2.75) is 32.1 Å². The fourth-order valence-corrected chi connectivity index (χ4v) is 3.34. The van der Waals surface area contributed by atoms with E-state index in [4.69, 9.17) is 4.74 Å². The molecule has 0 aromatic heterocycles. The molecule has 0 saturated carbocycles. The number of carbonyl (C=O) groups excluding carboxylic acids is 3. The molecule has 0 spiro atoms. The average Bonchev–Trinajstić information content (AvgIpc) is 2.72. The molecule has 2 aromatic carbocycles. The number of hydrogen-bond donors (Lipinski definition) is 2. The number of carbonyl (C=O) groups is 3. The van der Waals surface area contributed by atoms with Crippen LogP contribution < -0.4 is 15.4 Å². The number of hydrogen-bond acceptors (Lipinski definition) is 4. The van der Waals surface area contributed by atoms with Gasteiger partial charge in [-0.2, -0.15) is 0 Å². The zero-order valence-corrected chi connectivity index (χ0v) is 15.7. The zero-order chi connectivity index (χ0) is 19.8. The second-order valence-electron chi connectivity index (χ2n) is 6.77. The lowest BCUT2D eigenvalue weighted by atomic mass is 9.97. The summed E-state index contributed by atoms with van der Waals surface area (Å²) in [5, 5.41) is 6.59. The first-order valence-corrected chi connectivity index (χ1v) is 9.52. The predicted octanol–water partition coefficient (Wildman–Crippen LogP) is 3.75. The third kappa shape index (κ3) is 5.19. The summed E-state index contributed by atoms with van der Waals surface area (Å²) in [4.78, 5) is 35.3. The van der Waals surface area contributed by atoms with Crippen molar-refractivity contribution >= 4 is 29.0 Å². The fraction of sp³-hybridized carbons (Fsp3) is 0.318. The Morgan fingerprint density at radius 3 is 2.75 bits per heavy atom. The van der Waals surface area contributed by atoms with Crippen molar-refractivity contribution in [2.75, 3.05) is 13.2 Å². The highest BCUT2D eigenvalue weighted by molar-refractivity contribution is 6.01. The van der Waals surface area contributed by atoms with E-state index in [2.05, 4.69) is 16.7 Å². The number of aldehydes is 1. The number of allylic oxidation sites excluding steroid dienone is 1. The number of urea groups is 1.